The van der Waals surface area contributed by atoms with Crippen molar-refractivity contribution in [3.63, 3.8) is 0 Å². The maximum absolute atomic E-state index is 12.9. The number of nitrogens with one attached hydrogen (secondary N) is 1. The Kier molecular flexibility index (Phi) is 7.03. The van der Waals surface area contributed by atoms with Crippen molar-refractivity contribution in [2.75, 3.05) is 11.5 Å². The number of imide groups is 1. The van der Waals surface area contributed by atoms with Crippen LogP contribution in [0.3, 0.4) is 0 Å². The lowest BCUT2D eigenvalue weighted by atomic mass is 10.1. The van der Waals surface area contributed by atoms with Gasteiger partial charge in [-0.2, -0.15) is 0 Å². The molecule has 0 spiro atoms. The van der Waals surface area contributed by atoms with Gasteiger partial charge in [-0.3, -0.25) is 4.79 Å². The molecule has 4 rings (SSSR count). The smallest absolute Gasteiger partial charge is 0.335 e. The summed E-state index contributed by atoms with van der Waals surface area (Å²) in [5.41, 5.74) is 2.11. The zero-order chi connectivity index (χ0) is 24.9. The SMILES string of the molecule is CCOc1cc(/C=C2\NC(=O)N(c3cccc(Cl)c3)C2=O)ccc1OCc1ccc(C(=O)O)cc1. The van der Waals surface area contributed by atoms with Crippen LogP contribution in [-0.4, -0.2) is 29.6 Å². The number of nitrogens with zero attached hydrogens (tertiary/aromatic N) is 1. The van der Waals surface area contributed by atoms with Crippen molar-refractivity contribution in [1.82, 2.24) is 5.32 Å². The maximum atomic E-state index is 12.9. The van der Waals surface area contributed by atoms with Gasteiger partial charge in [0.2, 0.25) is 0 Å². The number of aromatic carboxylic acids is 1. The number of benzene rings is 3. The number of urea groups is 1. The van der Waals surface area contributed by atoms with Crippen LogP contribution in [0.1, 0.15) is 28.4 Å². The number of hydrogen-bond acceptors (Lipinski definition) is 5. The van der Waals surface area contributed by atoms with Gasteiger partial charge in [0.1, 0.15) is 12.3 Å². The average molecular weight is 493 g/mol. The van der Waals surface area contributed by atoms with E-state index in [2.05, 4.69) is 5.32 Å². The Morgan fingerprint density at radius 1 is 1.03 bits per heavy atom. The lowest BCUT2D eigenvalue weighted by Gasteiger charge is -2.13. The summed E-state index contributed by atoms with van der Waals surface area (Å²) in [6.45, 7) is 2.44. The summed E-state index contributed by atoms with van der Waals surface area (Å²) in [4.78, 5) is 37.3. The Labute approximate surface area is 206 Å². The fourth-order valence-corrected chi connectivity index (χ4v) is 3.64. The average Bonchev–Trinajstić information content (AvgIpc) is 3.11. The minimum atomic E-state index is -0.992. The molecule has 3 aromatic carbocycles. The number of carboxylic acids is 1. The summed E-state index contributed by atoms with van der Waals surface area (Å²) in [5.74, 6) is -0.542. The van der Waals surface area contributed by atoms with E-state index < -0.39 is 17.9 Å². The van der Waals surface area contributed by atoms with E-state index >= 15 is 0 Å². The molecule has 2 N–H and O–H groups in total. The lowest BCUT2D eigenvalue weighted by Crippen LogP contribution is -2.30. The van der Waals surface area contributed by atoms with Crippen LogP contribution in [-0.2, 0) is 11.4 Å². The van der Waals surface area contributed by atoms with Crippen molar-refractivity contribution in [3.05, 3.63) is 94.1 Å². The third-order valence-electron chi connectivity index (χ3n) is 5.12. The fraction of sp³-hybridized carbons (Fsp3) is 0.115. The van der Waals surface area contributed by atoms with Gasteiger partial charge in [-0.25, -0.2) is 14.5 Å². The number of rotatable bonds is 8. The third kappa shape index (κ3) is 5.44. The molecule has 0 radical (unpaired) electrons. The number of carbonyl (C=O) groups is 3. The Morgan fingerprint density at radius 2 is 1.80 bits per heavy atom. The van der Waals surface area contributed by atoms with E-state index in [1.165, 1.54) is 18.2 Å². The van der Waals surface area contributed by atoms with Crippen LogP contribution >= 0.6 is 11.6 Å². The van der Waals surface area contributed by atoms with E-state index in [1.807, 2.05) is 6.92 Å². The second kappa shape index (κ2) is 10.3. The lowest BCUT2D eigenvalue weighted by molar-refractivity contribution is -0.113. The third-order valence-corrected chi connectivity index (χ3v) is 5.35. The molecule has 0 bridgehead atoms. The van der Waals surface area contributed by atoms with E-state index in [1.54, 1.807) is 54.6 Å². The molecule has 0 aromatic heterocycles. The van der Waals surface area contributed by atoms with Crippen molar-refractivity contribution in [1.29, 1.82) is 0 Å². The molecule has 8 nitrogen and oxygen atoms in total. The molecule has 1 fully saturated rings. The Bertz CT molecular complexity index is 1320. The Balaban J connectivity index is 1.52. The van der Waals surface area contributed by atoms with Gasteiger partial charge in [0.05, 0.1) is 17.9 Å². The zero-order valence-electron chi connectivity index (χ0n) is 18.7. The molecular weight excluding hydrogens is 472 g/mol. The van der Waals surface area contributed by atoms with E-state index in [-0.39, 0.29) is 17.9 Å². The molecular formula is C26H21ClN2O6. The predicted octanol–water partition coefficient (Wildman–Crippen LogP) is 5.11. The van der Waals surface area contributed by atoms with Crippen LogP contribution in [0.2, 0.25) is 5.02 Å². The van der Waals surface area contributed by atoms with Crippen molar-refractivity contribution in [2.24, 2.45) is 0 Å². The van der Waals surface area contributed by atoms with Gasteiger partial charge in [0.15, 0.2) is 11.5 Å². The van der Waals surface area contributed by atoms with E-state index in [0.717, 1.165) is 10.5 Å². The second-order valence-electron chi connectivity index (χ2n) is 7.54. The zero-order valence-corrected chi connectivity index (χ0v) is 19.4. The Morgan fingerprint density at radius 3 is 2.49 bits per heavy atom. The Hall–Kier alpha value is -4.30. The summed E-state index contributed by atoms with van der Waals surface area (Å²) in [7, 11) is 0. The van der Waals surface area contributed by atoms with Gasteiger partial charge in [0, 0.05) is 5.02 Å². The molecule has 1 aliphatic rings. The molecule has 1 saturated heterocycles. The molecule has 35 heavy (non-hydrogen) atoms. The molecule has 178 valence electrons. The largest absolute Gasteiger partial charge is 0.490 e. The molecule has 1 aliphatic heterocycles. The van der Waals surface area contributed by atoms with Crippen LogP contribution in [0.15, 0.2) is 72.4 Å². The number of halogens is 1. The monoisotopic (exact) mass is 492 g/mol. The number of anilines is 1. The standard InChI is InChI=1S/C26H21ClN2O6/c1-2-34-23-13-17(8-11-22(23)35-15-16-6-9-18(10-7-16)25(31)32)12-21-24(30)29(26(33)28-21)20-5-3-4-19(27)14-20/h3-14H,2,15H2,1H3,(H,28,33)(H,31,32)/b21-12-. The van der Waals surface area contributed by atoms with Gasteiger partial charge < -0.3 is 19.9 Å². The van der Waals surface area contributed by atoms with Crippen LogP contribution < -0.4 is 19.7 Å². The molecule has 0 aliphatic carbocycles. The normalized spacial score (nSPS) is 14.2. The van der Waals surface area contributed by atoms with Crippen LogP contribution in [0.5, 0.6) is 11.5 Å². The molecule has 0 unspecified atom stereocenters. The van der Waals surface area contributed by atoms with Crippen molar-refractivity contribution < 1.29 is 29.0 Å². The van der Waals surface area contributed by atoms with Crippen molar-refractivity contribution in [2.45, 2.75) is 13.5 Å². The van der Waals surface area contributed by atoms with Gasteiger partial charge in [-0.1, -0.05) is 35.9 Å². The number of carbonyl (C=O) groups excluding carboxylic acids is 2. The first-order valence-corrected chi connectivity index (χ1v) is 11.1. The van der Waals surface area contributed by atoms with E-state index in [9.17, 15) is 14.4 Å². The van der Waals surface area contributed by atoms with Crippen molar-refractivity contribution in [3.8, 4) is 11.5 Å². The molecule has 3 aromatic rings. The highest BCUT2D eigenvalue weighted by atomic mass is 35.5. The first-order valence-electron chi connectivity index (χ1n) is 10.7. The highest BCUT2D eigenvalue weighted by molar-refractivity contribution is 6.32. The minimum absolute atomic E-state index is 0.115. The number of ether oxygens (including phenoxy) is 2. The highest BCUT2D eigenvalue weighted by Crippen LogP contribution is 2.31. The van der Waals surface area contributed by atoms with E-state index in [4.69, 9.17) is 26.2 Å². The predicted molar refractivity (Wildman–Crippen MR) is 131 cm³/mol. The summed E-state index contributed by atoms with van der Waals surface area (Å²) >= 11 is 6.00. The van der Waals surface area contributed by atoms with Crippen LogP contribution in [0.4, 0.5) is 10.5 Å². The van der Waals surface area contributed by atoms with Gasteiger partial charge in [-0.15, -0.1) is 0 Å². The van der Waals surface area contributed by atoms with Gasteiger partial charge in [0.25, 0.3) is 5.91 Å². The molecule has 3 amide bonds. The maximum Gasteiger partial charge on any atom is 0.335 e. The van der Waals surface area contributed by atoms with Crippen LogP contribution in [0.25, 0.3) is 6.08 Å². The topological polar surface area (TPSA) is 105 Å². The first-order chi connectivity index (χ1) is 16.9. The summed E-state index contributed by atoms with van der Waals surface area (Å²) in [5, 5.41) is 12.0. The highest BCUT2D eigenvalue weighted by Gasteiger charge is 2.35. The number of hydrogen-bond donors (Lipinski definition) is 2. The minimum Gasteiger partial charge on any atom is -0.490 e. The fourth-order valence-electron chi connectivity index (χ4n) is 3.46. The van der Waals surface area contributed by atoms with Gasteiger partial charge >= 0.3 is 12.0 Å². The molecule has 0 saturated carbocycles. The van der Waals surface area contributed by atoms with Crippen LogP contribution in [0, 0.1) is 0 Å². The second-order valence-corrected chi connectivity index (χ2v) is 7.97. The summed E-state index contributed by atoms with van der Waals surface area (Å²) in [6, 6.07) is 17.5. The number of carboxylic acid groups (broad SMARTS) is 1. The molecule has 1 heterocycles. The summed E-state index contributed by atoms with van der Waals surface area (Å²) < 4.78 is 11.6. The molecule has 9 heteroatoms. The van der Waals surface area contributed by atoms with E-state index in [0.29, 0.717) is 34.4 Å². The summed E-state index contributed by atoms with van der Waals surface area (Å²) in [6.07, 6.45) is 1.56. The molecule has 0 atom stereocenters. The van der Waals surface area contributed by atoms with Gasteiger partial charge in [-0.05, 0) is 66.6 Å². The first kappa shape index (κ1) is 23.8. The van der Waals surface area contributed by atoms with Crippen molar-refractivity contribution >= 4 is 41.3 Å². The quantitative estimate of drug-likeness (QED) is 0.334. The number of amides is 3.